The molecular weight excluding hydrogens is 350 g/mol. The molecule has 0 fully saturated rings. The zero-order valence-electron chi connectivity index (χ0n) is 19.3. The molecule has 0 saturated heterocycles. The van der Waals surface area contributed by atoms with E-state index in [-0.39, 0.29) is 0 Å². The molecule has 0 aliphatic carbocycles. The van der Waals surface area contributed by atoms with Crippen molar-refractivity contribution in [3.8, 4) is 0 Å². The smallest absolute Gasteiger partial charge is 0.0446 e. The predicted octanol–water partition coefficient (Wildman–Crippen LogP) is 8.87. The second-order valence-electron chi connectivity index (χ2n) is 8.38. The Morgan fingerprint density at radius 2 is 1.24 bits per heavy atom. The summed E-state index contributed by atoms with van der Waals surface area (Å²) in [4.78, 5) is 2.60. The maximum atomic E-state index is 2.60. The van der Waals surface area contributed by atoms with Gasteiger partial charge in [-0.05, 0) is 61.4 Å². The summed E-state index contributed by atoms with van der Waals surface area (Å²) in [5.41, 5.74) is 5.96. The van der Waals surface area contributed by atoms with Crippen molar-refractivity contribution in [1.29, 1.82) is 0 Å². The quantitative estimate of drug-likeness (QED) is 0.273. The van der Waals surface area contributed by atoms with Gasteiger partial charge in [0.25, 0.3) is 0 Å². The lowest BCUT2D eigenvalue weighted by Gasteiger charge is -2.29. The van der Waals surface area contributed by atoms with Crippen molar-refractivity contribution in [2.24, 2.45) is 0 Å². The van der Waals surface area contributed by atoms with E-state index >= 15 is 0 Å². The zero-order valence-corrected chi connectivity index (χ0v) is 19.3. The van der Waals surface area contributed by atoms with E-state index in [2.05, 4.69) is 74.2 Å². The van der Waals surface area contributed by atoms with Crippen LogP contribution in [-0.4, -0.2) is 6.54 Å². The van der Waals surface area contributed by atoms with E-state index in [0.29, 0.717) is 0 Å². The fraction of sp³-hybridized carbons (Fsp3) is 0.571. The molecule has 0 atom stereocenters. The molecule has 2 aromatic carbocycles. The molecule has 0 spiro atoms. The minimum atomic E-state index is 1.12. The lowest BCUT2D eigenvalue weighted by Crippen LogP contribution is -2.20. The second kappa shape index (κ2) is 14.3. The second-order valence-corrected chi connectivity index (χ2v) is 8.38. The van der Waals surface area contributed by atoms with Gasteiger partial charge < -0.3 is 4.90 Å². The summed E-state index contributed by atoms with van der Waals surface area (Å²) in [7, 11) is 0. The van der Waals surface area contributed by atoms with Gasteiger partial charge in [-0.1, -0.05) is 96.0 Å². The van der Waals surface area contributed by atoms with Crippen LogP contribution < -0.4 is 4.90 Å². The van der Waals surface area contributed by atoms with E-state index in [4.69, 9.17) is 0 Å². The van der Waals surface area contributed by atoms with Gasteiger partial charge in [0.1, 0.15) is 0 Å². The molecule has 0 N–H and O–H groups in total. The third kappa shape index (κ3) is 7.88. The van der Waals surface area contributed by atoms with E-state index in [0.717, 1.165) is 6.54 Å². The Morgan fingerprint density at radius 1 is 0.586 bits per heavy atom. The van der Waals surface area contributed by atoms with Crippen LogP contribution in [0.5, 0.6) is 0 Å². The van der Waals surface area contributed by atoms with Crippen LogP contribution in [0.15, 0.2) is 48.5 Å². The Hall–Kier alpha value is -1.76. The highest BCUT2D eigenvalue weighted by Crippen LogP contribution is 2.33. The predicted molar refractivity (Wildman–Crippen MR) is 130 cm³/mol. The number of hydrogen-bond donors (Lipinski definition) is 0. The third-order valence-corrected chi connectivity index (χ3v) is 5.92. The Balaban J connectivity index is 2.25. The first kappa shape index (κ1) is 23.5. The SMILES string of the molecule is CCCCCCCCN(c1ccccc1)c1cccc(CCCC)c1CCCC. The normalized spacial score (nSPS) is 11.0. The Morgan fingerprint density at radius 3 is 1.97 bits per heavy atom. The summed E-state index contributed by atoms with van der Waals surface area (Å²) in [6, 6.07) is 18.1. The average Bonchev–Trinajstić information content (AvgIpc) is 2.76. The van der Waals surface area contributed by atoms with Gasteiger partial charge in [-0.3, -0.25) is 0 Å². The van der Waals surface area contributed by atoms with Crippen LogP contribution in [0.25, 0.3) is 0 Å². The van der Waals surface area contributed by atoms with Gasteiger partial charge in [0.15, 0.2) is 0 Å². The van der Waals surface area contributed by atoms with Crippen LogP contribution in [0.4, 0.5) is 11.4 Å². The van der Waals surface area contributed by atoms with Gasteiger partial charge in [-0.25, -0.2) is 0 Å². The molecule has 0 radical (unpaired) electrons. The number of unbranched alkanes of at least 4 members (excludes halogenated alkanes) is 7. The monoisotopic (exact) mass is 393 g/mol. The van der Waals surface area contributed by atoms with E-state index in [1.54, 1.807) is 11.1 Å². The number of hydrogen-bond acceptors (Lipinski definition) is 1. The van der Waals surface area contributed by atoms with E-state index < -0.39 is 0 Å². The largest absolute Gasteiger partial charge is 0.341 e. The summed E-state index contributed by atoms with van der Waals surface area (Å²) >= 11 is 0. The van der Waals surface area contributed by atoms with Crippen molar-refractivity contribution < 1.29 is 0 Å². The van der Waals surface area contributed by atoms with Gasteiger partial charge in [-0.15, -0.1) is 0 Å². The van der Waals surface area contributed by atoms with Crippen molar-refractivity contribution in [1.82, 2.24) is 0 Å². The van der Waals surface area contributed by atoms with E-state index in [1.165, 1.54) is 88.4 Å². The topological polar surface area (TPSA) is 3.24 Å². The van der Waals surface area contributed by atoms with Gasteiger partial charge in [0.05, 0.1) is 0 Å². The number of aryl methyl sites for hydroxylation is 1. The molecule has 2 rings (SSSR count). The summed E-state index contributed by atoms with van der Waals surface area (Å²) < 4.78 is 0. The molecule has 29 heavy (non-hydrogen) atoms. The number of rotatable bonds is 15. The van der Waals surface area contributed by atoms with Gasteiger partial charge in [-0.2, -0.15) is 0 Å². The molecular formula is C28H43N. The van der Waals surface area contributed by atoms with E-state index in [1.807, 2.05) is 0 Å². The maximum Gasteiger partial charge on any atom is 0.0446 e. The van der Waals surface area contributed by atoms with Gasteiger partial charge >= 0.3 is 0 Å². The van der Waals surface area contributed by atoms with Crippen LogP contribution >= 0.6 is 0 Å². The van der Waals surface area contributed by atoms with Gasteiger partial charge in [0, 0.05) is 17.9 Å². The van der Waals surface area contributed by atoms with Crippen LogP contribution in [-0.2, 0) is 12.8 Å². The van der Waals surface area contributed by atoms with Gasteiger partial charge in [0.2, 0.25) is 0 Å². The molecule has 1 nitrogen and oxygen atoms in total. The number of anilines is 2. The average molecular weight is 394 g/mol. The maximum absolute atomic E-state index is 2.60. The van der Waals surface area contributed by atoms with Crippen molar-refractivity contribution >= 4 is 11.4 Å². The van der Waals surface area contributed by atoms with Crippen LogP contribution in [0, 0.1) is 0 Å². The molecule has 0 heterocycles. The number of para-hydroxylation sites is 1. The molecule has 0 amide bonds. The van der Waals surface area contributed by atoms with E-state index in [9.17, 15) is 0 Å². The highest BCUT2D eigenvalue weighted by atomic mass is 15.1. The lowest BCUT2D eigenvalue weighted by atomic mass is 9.95. The van der Waals surface area contributed by atoms with Crippen molar-refractivity contribution in [3.05, 3.63) is 59.7 Å². The fourth-order valence-corrected chi connectivity index (χ4v) is 4.16. The standard InChI is InChI=1S/C28H43N/c1-4-7-10-11-12-16-24-29(26-20-14-13-15-21-26)28-23-17-19-25(18-8-5-2)27(28)22-9-6-3/h13-15,17,19-21,23H,4-12,16,18,22,24H2,1-3H3. The van der Waals surface area contributed by atoms with Crippen LogP contribution in [0.2, 0.25) is 0 Å². The highest BCUT2D eigenvalue weighted by molar-refractivity contribution is 5.68. The first-order valence-corrected chi connectivity index (χ1v) is 12.2. The fourth-order valence-electron chi connectivity index (χ4n) is 4.16. The van der Waals surface area contributed by atoms with Crippen molar-refractivity contribution in [2.45, 2.75) is 97.8 Å². The summed E-state index contributed by atoms with van der Waals surface area (Å²) in [5, 5.41) is 0. The van der Waals surface area contributed by atoms with Crippen molar-refractivity contribution in [2.75, 3.05) is 11.4 Å². The Kier molecular flexibility index (Phi) is 11.6. The third-order valence-electron chi connectivity index (χ3n) is 5.92. The summed E-state index contributed by atoms with van der Waals surface area (Å²) in [6.45, 7) is 8.01. The van der Waals surface area contributed by atoms with Crippen LogP contribution in [0.3, 0.4) is 0 Å². The highest BCUT2D eigenvalue weighted by Gasteiger charge is 2.15. The first-order valence-electron chi connectivity index (χ1n) is 12.2. The zero-order chi connectivity index (χ0) is 20.7. The molecule has 0 aliphatic rings. The Labute approximate surface area is 180 Å². The molecule has 0 bridgehead atoms. The molecule has 0 unspecified atom stereocenters. The molecule has 0 aliphatic heterocycles. The lowest BCUT2D eigenvalue weighted by molar-refractivity contribution is 0.609. The Bertz CT molecular complexity index is 661. The minimum Gasteiger partial charge on any atom is -0.341 e. The first-order chi connectivity index (χ1) is 14.3. The molecule has 0 saturated carbocycles. The minimum absolute atomic E-state index is 1.12. The molecule has 1 heteroatoms. The molecule has 2 aromatic rings. The number of benzene rings is 2. The molecule has 160 valence electrons. The number of nitrogens with zero attached hydrogens (tertiary/aromatic N) is 1. The van der Waals surface area contributed by atoms with Crippen LogP contribution in [0.1, 0.15) is 96.1 Å². The summed E-state index contributed by atoms with van der Waals surface area (Å²) in [5.74, 6) is 0. The van der Waals surface area contributed by atoms with Crippen molar-refractivity contribution in [3.63, 3.8) is 0 Å². The summed E-state index contributed by atoms with van der Waals surface area (Å²) in [6.07, 6.45) is 15.5. The molecule has 0 aromatic heterocycles.